The van der Waals surface area contributed by atoms with Crippen molar-refractivity contribution in [3.63, 3.8) is 0 Å². The Labute approximate surface area is 175 Å². The predicted molar refractivity (Wildman–Crippen MR) is 118 cm³/mol. The normalized spacial score (nSPS) is 17.0. The zero-order valence-corrected chi connectivity index (χ0v) is 18.2. The number of aryl methyl sites for hydroxylation is 1. The van der Waals surface area contributed by atoms with Gasteiger partial charge in [-0.2, -0.15) is 0 Å². The molecule has 1 aliphatic rings. The molecule has 2 unspecified atom stereocenters. The number of carbonyl (C=O) groups is 1. The van der Waals surface area contributed by atoms with Crippen LogP contribution < -0.4 is 10.1 Å². The number of nitrogens with zero attached hydrogens (tertiary/aromatic N) is 1. The SMILES string of the molecule is COc1ccc(C)cc1C(C)NC(C)C(=O)N1CCC(Cc2ccccc2)CC1. The van der Waals surface area contributed by atoms with Crippen molar-refractivity contribution >= 4 is 5.91 Å². The molecule has 4 heteroatoms. The number of hydrogen-bond donors (Lipinski definition) is 1. The summed E-state index contributed by atoms with van der Waals surface area (Å²) in [7, 11) is 1.69. The number of carbonyl (C=O) groups excluding carboxylic acids is 1. The van der Waals surface area contributed by atoms with Crippen LogP contribution in [0, 0.1) is 12.8 Å². The van der Waals surface area contributed by atoms with Crippen LogP contribution in [0.25, 0.3) is 0 Å². The highest BCUT2D eigenvalue weighted by Crippen LogP contribution is 2.27. The fraction of sp³-hybridized carbons (Fsp3) is 0.480. The van der Waals surface area contributed by atoms with Crippen LogP contribution in [0.2, 0.25) is 0 Å². The van der Waals surface area contributed by atoms with E-state index in [4.69, 9.17) is 4.74 Å². The van der Waals surface area contributed by atoms with E-state index in [2.05, 4.69) is 55.6 Å². The van der Waals surface area contributed by atoms with Crippen molar-refractivity contribution in [3.8, 4) is 5.75 Å². The molecular weight excluding hydrogens is 360 g/mol. The lowest BCUT2D eigenvalue weighted by Gasteiger charge is -2.34. The summed E-state index contributed by atoms with van der Waals surface area (Å²) in [5.74, 6) is 1.72. The average Bonchev–Trinajstić information content (AvgIpc) is 2.74. The van der Waals surface area contributed by atoms with Crippen molar-refractivity contribution in [2.45, 2.75) is 52.1 Å². The molecule has 0 saturated carbocycles. The van der Waals surface area contributed by atoms with Crippen LogP contribution in [0.15, 0.2) is 48.5 Å². The number of likely N-dealkylation sites (tertiary alicyclic amines) is 1. The minimum Gasteiger partial charge on any atom is -0.496 e. The second-order valence-corrected chi connectivity index (χ2v) is 8.31. The van der Waals surface area contributed by atoms with Crippen LogP contribution in [0.1, 0.15) is 49.4 Å². The number of nitrogens with one attached hydrogen (secondary N) is 1. The summed E-state index contributed by atoms with van der Waals surface area (Å²) in [6.07, 6.45) is 3.27. The van der Waals surface area contributed by atoms with E-state index in [1.54, 1.807) is 7.11 Å². The van der Waals surface area contributed by atoms with Gasteiger partial charge in [-0.05, 0) is 57.6 Å². The van der Waals surface area contributed by atoms with E-state index in [1.807, 2.05) is 24.0 Å². The second kappa shape index (κ2) is 9.93. The lowest BCUT2D eigenvalue weighted by molar-refractivity contribution is -0.134. The van der Waals surface area contributed by atoms with Crippen molar-refractivity contribution in [2.75, 3.05) is 20.2 Å². The maximum absolute atomic E-state index is 13.0. The van der Waals surface area contributed by atoms with Gasteiger partial charge in [0.25, 0.3) is 0 Å². The first-order valence-electron chi connectivity index (χ1n) is 10.7. The number of piperidine rings is 1. The van der Waals surface area contributed by atoms with Gasteiger partial charge in [0.15, 0.2) is 0 Å². The van der Waals surface area contributed by atoms with Crippen LogP contribution in [0.5, 0.6) is 5.75 Å². The summed E-state index contributed by atoms with van der Waals surface area (Å²) in [5, 5.41) is 3.47. The van der Waals surface area contributed by atoms with E-state index >= 15 is 0 Å². The molecule has 2 atom stereocenters. The smallest absolute Gasteiger partial charge is 0.239 e. The van der Waals surface area contributed by atoms with Gasteiger partial charge in [0.05, 0.1) is 13.2 Å². The van der Waals surface area contributed by atoms with Crippen molar-refractivity contribution in [2.24, 2.45) is 5.92 Å². The molecule has 0 aromatic heterocycles. The zero-order valence-electron chi connectivity index (χ0n) is 18.2. The molecule has 1 heterocycles. The minimum absolute atomic E-state index is 0.0411. The van der Waals surface area contributed by atoms with E-state index in [0.717, 1.165) is 43.7 Å². The molecule has 2 aromatic rings. The molecule has 0 bridgehead atoms. The fourth-order valence-electron chi connectivity index (χ4n) is 4.31. The molecule has 1 fully saturated rings. The Kier molecular flexibility index (Phi) is 7.32. The number of methoxy groups -OCH3 is 1. The maximum atomic E-state index is 13.0. The van der Waals surface area contributed by atoms with Crippen LogP contribution in [0.4, 0.5) is 0 Å². The highest BCUT2D eigenvalue weighted by atomic mass is 16.5. The Balaban J connectivity index is 1.52. The quantitative estimate of drug-likeness (QED) is 0.750. The Hall–Kier alpha value is -2.33. The third-order valence-corrected chi connectivity index (χ3v) is 6.02. The van der Waals surface area contributed by atoms with Crippen molar-refractivity contribution in [3.05, 3.63) is 65.2 Å². The molecule has 0 spiro atoms. The number of hydrogen-bond acceptors (Lipinski definition) is 3. The van der Waals surface area contributed by atoms with Gasteiger partial charge in [-0.25, -0.2) is 0 Å². The van der Waals surface area contributed by atoms with Gasteiger partial charge in [0, 0.05) is 24.7 Å². The first kappa shape index (κ1) is 21.4. The first-order chi connectivity index (χ1) is 14.0. The molecule has 3 rings (SSSR count). The van der Waals surface area contributed by atoms with E-state index in [9.17, 15) is 4.79 Å². The van der Waals surface area contributed by atoms with E-state index in [1.165, 1.54) is 11.1 Å². The topological polar surface area (TPSA) is 41.6 Å². The lowest BCUT2D eigenvalue weighted by Crippen LogP contribution is -2.48. The summed E-state index contributed by atoms with van der Waals surface area (Å²) in [4.78, 5) is 15.0. The molecule has 2 aromatic carbocycles. The van der Waals surface area contributed by atoms with Crippen LogP contribution >= 0.6 is 0 Å². The van der Waals surface area contributed by atoms with Gasteiger partial charge in [0.1, 0.15) is 5.75 Å². The molecular formula is C25H34N2O2. The number of ether oxygens (including phenoxy) is 1. The largest absolute Gasteiger partial charge is 0.496 e. The zero-order chi connectivity index (χ0) is 20.8. The molecule has 1 N–H and O–H groups in total. The molecule has 29 heavy (non-hydrogen) atoms. The Morgan fingerprint density at radius 2 is 1.83 bits per heavy atom. The fourth-order valence-corrected chi connectivity index (χ4v) is 4.31. The molecule has 0 aliphatic carbocycles. The molecule has 1 amide bonds. The van der Waals surface area contributed by atoms with Crippen molar-refractivity contribution < 1.29 is 9.53 Å². The standard InChI is InChI=1S/C25H34N2O2/c1-18-10-11-24(29-4)23(16-18)19(2)26-20(3)25(28)27-14-12-22(13-15-27)17-21-8-6-5-7-9-21/h5-11,16,19-20,22,26H,12-15,17H2,1-4H3. The van der Waals surface area contributed by atoms with Crippen LogP contribution in [0.3, 0.4) is 0 Å². The first-order valence-corrected chi connectivity index (χ1v) is 10.7. The van der Waals surface area contributed by atoms with E-state index < -0.39 is 0 Å². The van der Waals surface area contributed by atoms with Gasteiger partial charge in [-0.1, -0.05) is 48.0 Å². The minimum atomic E-state index is -0.221. The molecule has 156 valence electrons. The summed E-state index contributed by atoms with van der Waals surface area (Å²) < 4.78 is 5.51. The van der Waals surface area contributed by atoms with E-state index in [0.29, 0.717) is 5.92 Å². The summed E-state index contributed by atoms with van der Waals surface area (Å²) in [5.41, 5.74) is 3.68. The number of rotatable bonds is 7. The van der Waals surface area contributed by atoms with Crippen LogP contribution in [-0.2, 0) is 11.2 Å². The van der Waals surface area contributed by atoms with Crippen molar-refractivity contribution in [1.82, 2.24) is 10.2 Å². The Bertz CT molecular complexity index is 798. The molecule has 1 aliphatic heterocycles. The molecule has 1 saturated heterocycles. The third-order valence-electron chi connectivity index (χ3n) is 6.02. The highest BCUT2D eigenvalue weighted by Gasteiger charge is 2.27. The molecule has 4 nitrogen and oxygen atoms in total. The third kappa shape index (κ3) is 5.60. The van der Waals surface area contributed by atoms with Gasteiger partial charge < -0.3 is 9.64 Å². The summed E-state index contributed by atoms with van der Waals surface area (Å²) in [6, 6.07) is 16.7. The summed E-state index contributed by atoms with van der Waals surface area (Å²) in [6.45, 7) is 7.84. The van der Waals surface area contributed by atoms with Gasteiger partial charge in [-0.15, -0.1) is 0 Å². The number of benzene rings is 2. The maximum Gasteiger partial charge on any atom is 0.239 e. The Morgan fingerprint density at radius 3 is 2.48 bits per heavy atom. The van der Waals surface area contributed by atoms with Gasteiger partial charge in [0.2, 0.25) is 5.91 Å². The summed E-state index contributed by atoms with van der Waals surface area (Å²) >= 11 is 0. The monoisotopic (exact) mass is 394 g/mol. The number of amides is 1. The molecule has 0 radical (unpaired) electrons. The lowest BCUT2D eigenvalue weighted by atomic mass is 9.90. The predicted octanol–water partition coefficient (Wildman–Crippen LogP) is 4.52. The highest BCUT2D eigenvalue weighted by molar-refractivity contribution is 5.81. The second-order valence-electron chi connectivity index (χ2n) is 8.31. The van der Waals surface area contributed by atoms with E-state index in [-0.39, 0.29) is 18.0 Å². The average molecular weight is 395 g/mol. The van der Waals surface area contributed by atoms with Crippen molar-refractivity contribution in [1.29, 1.82) is 0 Å². The Morgan fingerprint density at radius 1 is 1.14 bits per heavy atom. The van der Waals surface area contributed by atoms with Gasteiger partial charge in [-0.3, -0.25) is 10.1 Å². The van der Waals surface area contributed by atoms with Gasteiger partial charge >= 0.3 is 0 Å². The van der Waals surface area contributed by atoms with Crippen LogP contribution in [-0.4, -0.2) is 37.0 Å².